The lowest BCUT2D eigenvalue weighted by Crippen LogP contribution is -2.33. The number of carbonyl (C=O) groups excluding carboxylic acids is 1. The normalized spacial score (nSPS) is 12.2. The minimum atomic E-state index is -3.53. The maximum Gasteiger partial charge on any atom is 0.232 e. The van der Waals surface area contributed by atoms with Gasteiger partial charge in [-0.25, -0.2) is 8.42 Å². The van der Waals surface area contributed by atoms with Crippen LogP contribution in [0.5, 0.6) is 11.5 Å². The molecule has 170 valence electrons. The fourth-order valence-corrected chi connectivity index (χ4v) is 4.45. The second-order valence-corrected chi connectivity index (χ2v) is 9.61. The standard InChI is InChI=1S/C22H29ClN2O5S/c1-15-8-9-17(23)13-20(15)25(31(5,27)28)12-6-7-22(26)24-16(2)19-14-18(29-3)10-11-21(19)30-4/h8-11,13-14,16H,6-7,12H2,1-5H3,(H,24,26)/t16-/m0/s1. The van der Waals surface area contributed by atoms with Crippen molar-refractivity contribution in [2.24, 2.45) is 0 Å². The fourth-order valence-electron chi connectivity index (χ4n) is 3.27. The van der Waals surface area contributed by atoms with Crippen molar-refractivity contribution in [3.8, 4) is 11.5 Å². The number of hydrogen-bond acceptors (Lipinski definition) is 5. The number of amides is 1. The summed E-state index contributed by atoms with van der Waals surface area (Å²) in [7, 11) is -0.385. The van der Waals surface area contributed by atoms with E-state index in [0.717, 1.165) is 17.4 Å². The maximum absolute atomic E-state index is 12.5. The quantitative estimate of drug-likeness (QED) is 0.567. The third-order valence-electron chi connectivity index (χ3n) is 4.89. The Hall–Kier alpha value is -2.45. The van der Waals surface area contributed by atoms with Crippen molar-refractivity contribution < 1.29 is 22.7 Å². The van der Waals surface area contributed by atoms with Gasteiger partial charge in [0.25, 0.3) is 0 Å². The number of methoxy groups -OCH3 is 2. The minimum absolute atomic E-state index is 0.169. The van der Waals surface area contributed by atoms with Crippen LogP contribution in [0, 0.1) is 6.92 Å². The van der Waals surface area contributed by atoms with E-state index >= 15 is 0 Å². The summed E-state index contributed by atoms with van der Waals surface area (Å²) >= 11 is 6.05. The average molecular weight is 469 g/mol. The number of sulfonamides is 1. The molecule has 0 fully saturated rings. The average Bonchev–Trinajstić information content (AvgIpc) is 2.71. The van der Waals surface area contributed by atoms with E-state index in [1.807, 2.05) is 19.9 Å². The van der Waals surface area contributed by atoms with Gasteiger partial charge in [0.05, 0.1) is 32.2 Å². The number of ether oxygens (including phenoxy) is 2. The molecule has 0 aliphatic rings. The zero-order valence-electron chi connectivity index (χ0n) is 18.4. The lowest BCUT2D eigenvalue weighted by Gasteiger charge is -2.24. The molecule has 2 rings (SSSR count). The molecule has 0 unspecified atom stereocenters. The zero-order chi connectivity index (χ0) is 23.2. The van der Waals surface area contributed by atoms with Gasteiger partial charge >= 0.3 is 0 Å². The van der Waals surface area contributed by atoms with E-state index in [-0.39, 0.29) is 24.9 Å². The summed E-state index contributed by atoms with van der Waals surface area (Å²) in [6, 6.07) is 10.2. The maximum atomic E-state index is 12.5. The molecule has 0 spiro atoms. The Morgan fingerprint density at radius 1 is 1.16 bits per heavy atom. The molecule has 9 heteroatoms. The van der Waals surface area contributed by atoms with Gasteiger partial charge < -0.3 is 14.8 Å². The Morgan fingerprint density at radius 3 is 2.48 bits per heavy atom. The molecule has 0 aliphatic heterocycles. The first-order valence-electron chi connectivity index (χ1n) is 9.82. The Labute approximate surface area is 189 Å². The molecule has 0 aliphatic carbocycles. The highest BCUT2D eigenvalue weighted by atomic mass is 35.5. The van der Waals surface area contributed by atoms with Gasteiger partial charge in [0.2, 0.25) is 15.9 Å². The first-order chi connectivity index (χ1) is 14.6. The minimum Gasteiger partial charge on any atom is -0.497 e. The van der Waals surface area contributed by atoms with E-state index < -0.39 is 10.0 Å². The molecule has 0 heterocycles. The van der Waals surface area contributed by atoms with Crippen LogP contribution in [0.4, 0.5) is 5.69 Å². The highest BCUT2D eigenvalue weighted by Gasteiger charge is 2.20. The number of anilines is 1. The second kappa shape index (κ2) is 10.7. The smallest absolute Gasteiger partial charge is 0.232 e. The summed E-state index contributed by atoms with van der Waals surface area (Å²) < 4.78 is 36.6. The first-order valence-corrected chi connectivity index (χ1v) is 12.0. The monoisotopic (exact) mass is 468 g/mol. The highest BCUT2D eigenvalue weighted by molar-refractivity contribution is 7.92. The van der Waals surface area contributed by atoms with Crippen LogP contribution in [-0.4, -0.2) is 41.3 Å². The number of halogens is 1. The molecule has 0 bridgehead atoms. The van der Waals surface area contributed by atoms with Crippen LogP contribution < -0.4 is 19.1 Å². The van der Waals surface area contributed by atoms with Gasteiger partial charge in [-0.05, 0) is 56.2 Å². The van der Waals surface area contributed by atoms with Crippen molar-refractivity contribution >= 4 is 33.2 Å². The predicted molar refractivity (Wildman–Crippen MR) is 124 cm³/mol. The van der Waals surface area contributed by atoms with Gasteiger partial charge in [-0.3, -0.25) is 9.10 Å². The van der Waals surface area contributed by atoms with E-state index in [4.69, 9.17) is 21.1 Å². The van der Waals surface area contributed by atoms with E-state index in [2.05, 4.69) is 5.32 Å². The van der Waals surface area contributed by atoms with Crippen LogP contribution in [0.2, 0.25) is 5.02 Å². The molecule has 0 radical (unpaired) electrons. The Bertz CT molecular complexity index is 1030. The van der Waals surface area contributed by atoms with Crippen molar-refractivity contribution in [2.45, 2.75) is 32.7 Å². The third-order valence-corrected chi connectivity index (χ3v) is 6.30. The topological polar surface area (TPSA) is 84.9 Å². The van der Waals surface area contributed by atoms with E-state index in [0.29, 0.717) is 28.6 Å². The summed E-state index contributed by atoms with van der Waals surface area (Å²) in [6.07, 6.45) is 1.67. The Kier molecular flexibility index (Phi) is 8.59. The molecule has 0 aromatic heterocycles. The van der Waals surface area contributed by atoms with Crippen LogP contribution in [0.3, 0.4) is 0 Å². The summed E-state index contributed by atoms with van der Waals surface area (Å²) in [5.74, 6) is 1.12. The lowest BCUT2D eigenvalue weighted by atomic mass is 10.1. The van der Waals surface area contributed by atoms with Gasteiger partial charge in [-0.15, -0.1) is 0 Å². The molecular weight excluding hydrogens is 440 g/mol. The van der Waals surface area contributed by atoms with Gasteiger partial charge in [-0.1, -0.05) is 17.7 Å². The summed E-state index contributed by atoms with van der Waals surface area (Å²) in [5, 5.41) is 3.38. The van der Waals surface area contributed by atoms with Crippen molar-refractivity contribution in [3.05, 3.63) is 52.5 Å². The van der Waals surface area contributed by atoms with Crippen LogP contribution in [-0.2, 0) is 14.8 Å². The molecule has 1 N–H and O–H groups in total. The van der Waals surface area contributed by atoms with E-state index in [1.54, 1.807) is 44.6 Å². The molecule has 1 atom stereocenters. The fraction of sp³-hybridized carbons (Fsp3) is 0.409. The second-order valence-electron chi connectivity index (χ2n) is 7.27. The molecule has 0 saturated carbocycles. The summed E-state index contributed by atoms with van der Waals surface area (Å²) in [5.41, 5.74) is 2.10. The molecular formula is C22H29ClN2O5S. The number of nitrogens with zero attached hydrogens (tertiary/aromatic N) is 1. The first kappa shape index (κ1) is 24.8. The molecule has 2 aromatic carbocycles. The third kappa shape index (κ3) is 6.77. The zero-order valence-corrected chi connectivity index (χ0v) is 20.0. The van der Waals surface area contributed by atoms with Gasteiger partial charge in [0.1, 0.15) is 11.5 Å². The molecule has 7 nitrogen and oxygen atoms in total. The largest absolute Gasteiger partial charge is 0.497 e. The molecule has 2 aromatic rings. The van der Waals surface area contributed by atoms with Gasteiger partial charge in [0.15, 0.2) is 0 Å². The number of aryl methyl sites for hydroxylation is 1. The van der Waals surface area contributed by atoms with Crippen LogP contribution in [0.15, 0.2) is 36.4 Å². The SMILES string of the molecule is COc1ccc(OC)c([C@H](C)NC(=O)CCCN(c2cc(Cl)ccc2C)S(C)(=O)=O)c1. The molecule has 31 heavy (non-hydrogen) atoms. The molecule has 1 amide bonds. The van der Waals surface area contributed by atoms with Crippen molar-refractivity contribution in [3.63, 3.8) is 0 Å². The van der Waals surface area contributed by atoms with Gasteiger partial charge in [-0.2, -0.15) is 0 Å². The lowest BCUT2D eigenvalue weighted by molar-refractivity contribution is -0.121. The van der Waals surface area contributed by atoms with E-state index in [1.165, 1.54) is 4.31 Å². The number of hydrogen-bond donors (Lipinski definition) is 1. The van der Waals surface area contributed by atoms with E-state index in [9.17, 15) is 13.2 Å². The molecule has 0 saturated heterocycles. The number of nitrogens with one attached hydrogen (secondary N) is 1. The van der Waals surface area contributed by atoms with Crippen LogP contribution >= 0.6 is 11.6 Å². The van der Waals surface area contributed by atoms with Crippen LogP contribution in [0.1, 0.15) is 36.9 Å². The highest BCUT2D eigenvalue weighted by Crippen LogP contribution is 2.29. The van der Waals surface area contributed by atoms with Crippen molar-refractivity contribution in [2.75, 3.05) is 31.3 Å². The Balaban J connectivity index is 2.04. The predicted octanol–water partition coefficient (Wildman–Crippen LogP) is 4.09. The van der Waals surface area contributed by atoms with Crippen molar-refractivity contribution in [1.29, 1.82) is 0 Å². The number of carbonyl (C=O) groups is 1. The summed E-state index contributed by atoms with van der Waals surface area (Å²) in [6.45, 7) is 3.84. The van der Waals surface area contributed by atoms with Gasteiger partial charge in [0, 0.05) is 23.6 Å². The van der Waals surface area contributed by atoms with Crippen LogP contribution in [0.25, 0.3) is 0 Å². The van der Waals surface area contributed by atoms with Crippen molar-refractivity contribution in [1.82, 2.24) is 5.32 Å². The number of rotatable bonds is 10. The summed E-state index contributed by atoms with van der Waals surface area (Å²) in [4.78, 5) is 12.5. The Morgan fingerprint density at radius 2 is 1.87 bits per heavy atom. The number of benzene rings is 2.